The highest BCUT2D eigenvalue weighted by molar-refractivity contribution is 5.80. The van der Waals surface area contributed by atoms with Crippen LogP contribution in [0.3, 0.4) is 0 Å². The molecule has 0 aromatic carbocycles. The lowest BCUT2D eigenvalue weighted by Gasteiger charge is -2.22. The number of aliphatic imine (C=N–C) groups is 1. The van der Waals surface area contributed by atoms with Gasteiger partial charge in [-0.15, -0.1) is 0 Å². The van der Waals surface area contributed by atoms with Crippen LogP contribution in [0.5, 0.6) is 0 Å². The van der Waals surface area contributed by atoms with Crippen molar-refractivity contribution < 1.29 is 4.79 Å². The summed E-state index contributed by atoms with van der Waals surface area (Å²) < 4.78 is 0. The zero-order valence-electron chi connectivity index (χ0n) is 15.9. The highest BCUT2D eigenvalue weighted by Gasteiger charge is 2.35. The number of likely N-dealkylation sites (tertiary alicyclic amines) is 1. The fourth-order valence-electron chi connectivity index (χ4n) is 4.85. The van der Waals surface area contributed by atoms with Gasteiger partial charge in [-0.1, -0.05) is 32.1 Å². The fourth-order valence-corrected chi connectivity index (χ4v) is 4.85. The van der Waals surface area contributed by atoms with Crippen LogP contribution in [0.15, 0.2) is 4.99 Å². The number of hydrogen-bond donors (Lipinski definition) is 2. The Morgan fingerprint density at radius 3 is 2.24 bits per heavy atom. The third kappa shape index (κ3) is 5.11. The SMILES string of the molecule is CCNC(=NCCNC(=O)C1CCCCC1)N1CC2CCCCC2C1. The van der Waals surface area contributed by atoms with E-state index in [1.807, 2.05) is 0 Å². The lowest BCUT2D eigenvalue weighted by atomic mass is 9.82. The molecule has 0 spiro atoms. The summed E-state index contributed by atoms with van der Waals surface area (Å²) >= 11 is 0. The van der Waals surface area contributed by atoms with Gasteiger partial charge in [-0.2, -0.15) is 0 Å². The van der Waals surface area contributed by atoms with E-state index in [0.717, 1.165) is 50.3 Å². The molecule has 2 saturated carbocycles. The van der Waals surface area contributed by atoms with Crippen LogP contribution >= 0.6 is 0 Å². The van der Waals surface area contributed by atoms with Gasteiger partial charge in [-0.3, -0.25) is 9.79 Å². The van der Waals surface area contributed by atoms with Gasteiger partial charge in [-0.25, -0.2) is 0 Å². The van der Waals surface area contributed by atoms with E-state index in [0.29, 0.717) is 13.1 Å². The molecule has 2 aliphatic carbocycles. The van der Waals surface area contributed by atoms with Gasteiger partial charge in [0.1, 0.15) is 0 Å². The van der Waals surface area contributed by atoms with Crippen molar-refractivity contribution in [3.05, 3.63) is 0 Å². The molecule has 3 fully saturated rings. The molecule has 0 aromatic rings. The summed E-state index contributed by atoms with van der Waals surface area (Å²) in [5.74, 6) is 3.26. The van der Waals surface area contributed by atoms with Crippen LogP contribution in [-0.2, 0) is 4.79 Å². The zero-order valence-corrected chi connectivity index (χ0v) is 15.9. The van der Waals surface area contributed by atoms with E-state index >= 15 is 0 Å². The van der Waals surface area contributed by atoms with E-state index in [2.05, 4.69) is 22.5 Å². The molecular weight excluding hydrogens is 312 g/mol. The third-order valence-corrected chi connectivity index (χ3v) is 6.26. The first-order valence-electron chi connectivity index (χ1n) is 10.6. The summed E-state index contributed by atoms with van der Waals surface area (Å²) in [4.78, 5) is 19.4. The molecule has 3 aliphatic rings. The second kappa shape index (κ2) is 9.44. The maximum absolute atomic E-state index is 12.2. The van der Waals surface area contributed by atoms with Gasteiger partial charge in [0.2, 0.25) is 5.91 Å². The van der Waals surface area contributed by atoms with Crippen molar-refractivity contribution in [2.45, 2.75) is 64.7 Å². The number of nitrogens with zero attached hydrogens (tertiary/aromatic N) is 2. The van der Waals surface area contributed by atoms with Crippen molar-refractivity contribution in [2.75, 3.05) is 32.7 Å². The van der Waals surface area contributed by atoms with Crippen molar-refractivity contribution in [1.82, 2.24) is 15.5 Å². The van der Waals surface area contributed by atoms with Crippen LogP contribution in [0.2, 0.25) is 0 Å². The minimum absolute atomic E-state index is 0.243. The Morgan fingerprint density at radius 2 is 1.60 bits per heavy atom. The minimum atomic E-state index is 0.243. The summed E-state index contributed by atoms with van der Waals surface area (Å²) in [6.45, 7) is 6.68. The largest absolute Gasteiger partial charge is 0.357 e. The van der Waals surface area contributed by atoms with E-state index in [9.17, 15) is 4.79 Å². The monoisotopic (exact) mass is 348 g/mol. The number of nitrogens with one attached hydrogen (secondary N) is 2. The summed E-state index contributed by atoms with van der Waals surface area (Å²) in [5.41, 5.74) is 0. The number of carbonyl (C=O) groups is 1. The Balaban J connectivity index is 1.44. The summed E-state index contributed by atoms with van der Waals surface area (Å²) in [6.07, 6.45) is 11.4. The van der Waals surface area contributed by atoms with E-state index in [1.165, 1.54) is 44.9 Å². The summed E-state index contributed by atoms with van der Waals surface area (Å²) in [7, 11) is 0. The maximum Gasteiger partial charge on any atom is 0.223 e. The molecular formula is C20H36N4O. The number of guanidine groups is 1. The van der Waals surface area contributed by atoms with Gasteiger partial charge < -0.3 is 15.5 Å². The molecule has 1 heterocycles. The molecule has 2 atom stereocenters. The molecule has 0 aromatic heterocycles. The lowest BCUT2D eigenvalue weighted by molar-refractivity contribution is -0.125. The van der Waals surface area contributed by atoms with Gasteiger partial charge in [0.15, 0.2) is 5.96 Å². The normalized spacial score (nSPS) is 27.9. The molecule has 142 valence electrons. The van der Waals surface area contributed by atoms with Crippen molar-refractivity contribution in [1.29, 1.82) is 0 Å². The predicted molar refractivity (Wildman–Crippen MR) is 103 cm³/mol. The third-order valence-electron chi connectivity index (χ3n) is 6.26. The molecule has 2 unspecified atom stereocenters. The molecule has 1 amide bonds. The molecule has 1 saturated heterocycles. The topological polar surface area (TPSA) is 56.7 Å². The van der Waals surface area contributed by atoms with E-state index < -0.39 is 0 Å². The Morgan fingerprint density at radius 1 is 0.960 bits per heavy atom. The molecule has 3 rings (SSSR count). The first kappa shape index (κ1) is 18.5. The summed E-state index contributed by atoms with van der Waals surface area (Å²) in [6, 6.07) is 0. The quantitative estimate of drug-likeness (QED) is 0.456. The first-order valence-corrected chi connectivity index (χ1v) is 10.6. The second-order valence-corrected chi connectivity index (χ2v) is 8.07. The average molecular weight is 349 g/mol. The molecule has 2 N–H and O–H groups in total. The standard InChI is InChI=1S/C20H36N4O/c1-2-21-20(24-14-17-10-6-7-11-18(17)15-24)23-13-12-22-19(25)16-8-4-3-5-9-16/h16-18H,2-15H2,1H3,(H,21,23)(H,22,25). The Labute approximate surface area is 153 Å². The van der Waals surface area contributed by atoms with Crippen molar-refractivity contribution in [2.24, 2.45) is 22.7 Å². The van der Waals surface area contributed by atoms with Crippen LogP contribution in [0.1, 0.15) is 64.7 Å². The Hall–Kier alpha value is -1.26. The fraction of sp³-hybridized carbons (Fsp3) is 0.900. The number of carbonyl (C=O) groups excluding carboxylic acids is 1. The van der Waals surface area contributed by atoms with Crippen LogP contribution in [0.4, 0.5) is 0 Å². The Bertz CT molecular complexity index is 445. The average Bonchev–Trinajstić information content (AvgIpc) is 3.09. The van der Waals surface area contributed by atoms with Crippen molar-refractivity contribution in [3.8, 4) is 0 Å². The van der Waals surface area contributed by atoms with Crippen molar-refractivity contribution >= 4 is 11.9 Å². The summed E-state index contributed by atoms with van der Waals surface area (Å²) in [5, 5.41) is 6.55. The lowest BCUT2D eigenvalue weighted by Crippen LogP contribution is -2.41. The molecule has 25 heavy (non-hydrogen) atoms. The van der Waals surface area contributed by atoms with E-state index in [1.54, 1.807) is 0 Å². The molecule has 5 nitrogen and oxygen atoms in total. The minimum Gasteiger partial charge on any atom is -0.357 e. The van der Waals surface area contributed by atoms with E-state index in [-0.39, 0.29) is 11.8 Å². The van der Waals surface area contributed by atoms with Crippen LogP contribution < -0.4 is 10.6 Å². The first-order chi connectivity index (χ1) is 12.3. The van der Waals surface area contributed by atoms with E-state index in [4.69, 9.17) is 4.99 Å². The molecule has 0 bridgehead atoms. The predicted octanol–water partition coefficient (Wildman–Crippen LogP) is 2.77. The van der Waals surface area contributed by atoms with Gasteiger partial charge >= 0.3 is 0 Å². The van der Waals surface area contributed by atoms with Gasteiger partial charge in [0, 0.05) is 32.1 Å². The second-order valence-electron chi connectivity index (χ2n) is 8.07. The van der Waals surface area contributed by atoms with Crippen LogP contribution in [0, 0.1) is 17.8 Å². The maximum atomic E-state index is 12.2. The molecule has 0 radical (unpaired) electrons. The van der Waals surface area contributed by atoms with Gasteiger partial charge in [0.05, 0.1) is 6.54 Å². The number of amides is 1. The van der Waals surface area contributed by atoms with Gasteiger partial charge in [-0.05, 0) is 44.4 Å². The molecule has 1 aliphatic heterocycles. The van der Waals surface area contributed by atoms with Crippen LogP contribution in [0.25, 0.3) is 0 Å². The number of rotatable bonds is 5. The highest BCUT2D eigenvalue weighted by Crippen LogP contribution is 2.35. The smallest absolute Gasteiger partial charge is 0.223 e. The van der Waals surface area contributed by atoms with Crippen molar-refractivity contribution in [3.63, 3.8) is 0 Å². The Kier molecular flexibility index (Phi) is 7.00. The number of fused-ring (bicyclic) bond motifs is 1. The van der Waals surface area contributed by atoms with Gasteiger partial charge in [0.25, 0.3) is 0 Å². The highest BCUT2D eigenvalue weighted by atomic mass is 16.1. The number of hydrogen-bond acceptors (Lipinski definition) is 2. The van der Waals surface area contributed by atoms with Crippen LogP contribution in [-0.4, -0.2) is 49.5 Å². The zero-order chi connectivity index (χ0) is 17.5. The molecule has 5 heteroatoms.